The number of nitriles is 1. The predicted octanol–water partition coefficient (Wildman–Crippen LogP) is 2.91. The van der Waals surface area contributed by atoms with E-state index >= 15 is 0 Å². The summed E-state index contributed by atoms with van der Waals surface area (Å²) in [6.45, 7) is 1.98. The fourth-order valence-corrected chi connectivity index (χ4v) is 2.89. The SMILES string of the molecule is N#Cc1cc(NC[C@@H]2COC3(CCOCC3)O2)ccc1C(F)(F)F. The quantitative estimate of drug-likeness (QED) is 0.915. The molecule has 24 heavy (non-hydrogen) atoms. The number of nitrogens with one attached hydrogen (secondary N) is 1. The van der Waals surface area contributed by atoms with Gasteiger partial charge >= 0.3 is 6.18 Å². The number of hydrogen-bond acceptors (Lipinski definition) is 5. The molecule has 1 aromatic rings. The zero-order chi connectivity index (χ0) is 17.2. The molecule has 0 unspecified atom stereocenters. The second-order valence-electron chi connectivity index (χ2n) is 5.82. The van der Waals surface area contributed by atoms with E-state index in [-0.39, 0.29) is 6.10 Å². The van der Waals surface area contributed by atoms with Gasteiger partial charge < -0.3 is 19.5 Å². The number of benzene rings is 1. The molecular formula is C16H17F3N2O3. The van der Waals surface area contributed by atoms with Gasteiger partial charge in [0, 0.05) is 25.1 Å². The first-order valence-corrected chi connectivity index (χ1v) is 7.67. The van der Waals surface area contributed by atoms with Crippen LogP contribution in [0.2, 0.25) is 0 Å². The van der Waals surface area contributed by atoms with E-state index in [2.05, 4.69) is 5.32 Å². The molecule has 0 aromatic heterocycles. The van der Waals surface area contributed by atoms with Gasteiger partial charge in [0.25, 0.3) is 0 Å². The van der Waals surface area contributed by atoms with Crippen LogP contribution in [0.3, 0.4) is 0 Å². The Kier molecular flexibility index (Phi) is 4.67. The minimum Gasteiger partial charge on any atom is -0.382 e. The van der Waals surface area contributed by atoms with E-state index in [0.29, 0.717) is 44.9 Å². The van der Waals surface area contributed by atoms with Gasteiger partial charge in [0.15, 0.2) is 5.79 Å². The average molecular weight is 342 g/mol. The number of ether oxygens (including phenoxy) is 3. The van der Waals surface area contributed by atoms with E-state index in [1.54, 1.807) is 6.07 Å². The van der Waals surface area contributed by atoms with Crippen LogP contribution >= 0.6 is 0 Å². The lowest BCUT2D eigenvalue weighted by Crippen LogP contribution is -2.38. The van der Waals surface area contributed by atoms with Crippen molar-refractivity contribution in [3.63, 3.8) is 0 Å². The molecule has 0 bridgehead atoms. The normalized spacial score (nSPS) is 23.2. The first kappa shape index (κ1) is 17.0. The first-order valence-electron chi connectivity index (χ1n) is 7.67. The van der Waals surface area contributed by atoms with Crippen LogP contribution in [-0.4, -0.2) is 38.3 Å². The summed E-state index contributed by atoms with van der Waals surface area (Å²) in [5.74, 6) is -0.595. The highest BCUT2D eigenvalue weighted by atomic mass is 19.4. The molecule has 2 fully saturated rings. The maximum Gasteiger partial charge on any atom is 0.417 e. The van der Waals surface area contributed by atoms with E-state index in [1.807, 2.05) is 0 Å². The van der Waals surface area contributed by atoms with Gasteiger partial charge in [-0.25, -0.2) is 0 Å². The molecule has 1 atom stereocenters. The third-order valence-electron chi connectivity index (χ3n) is 4.15. The van der Waals surface area contributed by atoms with Crippen molar-refractivity contribution in [1.82, 2.24) is 0 Å². The van der Waals surface area contributed by atoms with Gasteiger partial charge in [-0.2, -0.15) is 18.4 Å². The number of halogens is 3. The van der Waals surface area contributed by atoms with Crippen LogP contribution in [0.25, 0.3) is 0 Å². The van der Waals surface area contributed by atoms with E-state index in [0.717, 1.165) is 6.07 Å². The minimum absolute atomic E-state index is 0.198. The molecule has 0 amide bonds. The van der Waals surface area contributed by atoms with Gasteiger partial charge in [0.1, 0.15) is 6.10 Å². The van der Waals surface area contributed by atoms with E-state index < -0.39 is 23.1 Å². The molecule has 8 heteroatoms. The standard InChI is InChI=1S/C16H17F3N2O3/c17-16(18,19)14-2-1-12(7-11(14)8-20)21-9-13-10-23-15(24-13)3-5-22-6-4-15/h1-2,7,13,21H,3-6,9-10H2/t13-/m1/s1. The zero-order valence-corrected chi connectivity index (χ0v) is 12.9. The van der Waals surface area contributed by atoms with Crippen LogP contribution in [0.5, 0.6) is 0 Å². The molecule has 1 N–H and O–H groups in total. The fraction of sp³-hybridized carbons (Fsp3) is 0.562. The Morgan fingerprint density at radius 2 is 2.04 bits per heavy atom. The zero-order valence-electron chi connectivity index (χ0n) is 12.9. The molecule has 0 saturated carbocycles. The largest absolute Gasteiger partial charge is 0.417 e. The van der Waals surface area contributed by atoms with Crippen molar-refractivity contribution in [3.8, 4) is 6.07 Å². The molecule has 1 aromatic carbocycles. The molecule has 3 rings (SSSR count). The van der Waals surface area contributed by atoms with Crippen molar-refractivity contribution in [3.05, 3.63) is 29.3 Å². The summed E-state index contributed by atoms with van der Waals surface area (Å²) >= 11 is 0. The van der Waals surface area contributed by atoms with Gasteiger partial charge in [0.2, 0.25) is 0 Å². The van der Waals surface area contributed by atoms with Gasteiger partial charge in [-0.15, -0.1) is 0 Å². The lowest BCUT2D eigenvalue weighted by Gasteiger charge is -2.31. The number of alkyl halides is 3. The van der Waals surface area contributed by atoms with Crippen LogP contribution in [0.1, 0.15) is 24.0 Å². The van der Waals surface area contributed by atoms with Crippen molar-refractivity contribution >= 4 is 5.69 Å². The molecular weight excluding hydrogens is 325 g/mol. The van der Waals surface area contributed by atoms with Gasteiger partial charge in [0.05, 0.1) is 37.0 Å². The minimum atomic E-state index is -4.54. The highest BCUT2D eigenvalue weighted by molar-refractivity contribution is 5.53. The van der Waals surface area contributed by atoms with E-state index in [9.17, 15) is 13.2 Å². The number of hydrogen-bond donors (Lipinski definition) is 1. The number of rotatable bonds is 3. The van der Waals surface area contributed by atoms with Crippen molar-refractivity contribution in [1.29, 1.82) is 5.26 Å². The molecule has 2 heterocycles. The maximum absolute atomic E-state index is 12.8. The van der Waals surface area contributed by atoms with Crippen molar-refractivity contribution in [2.75, 3.05) is 31.7 Å². The lowest BCUT2D eigenvalue weighted by molar-refractivity contribution is -0.209. The topological polar surface area (TPSA) is 63.5 Å². The summed E-state index contributed by atoms with van der Waals surface area (Å²) in [6, 6.07) is 5.00. The predicted molar refractivity (Wildman–Crippen MR) is 78.3 cm³/mol. The maximum atomic E-state index is 12.8. The van der Waals surface area contributed by atoms with Gasteiger partial charge in [-0.05, 0) is 18.2 Å². The molecule has 1 spiro atoms. The Bertz CT molecular complexity index is 636. The van der Waals surface area contributed by atoms with Crippen LogP contribution in [0.4, 0.5) is 18.9 Å². The van der Waals surface area contributed by atoms with Crippen molar-refractivity contribution < 1.29 is 27.4 Å². The molecule has 130 valence electrons. The van der Waals surface area contributed by atoms with E-state index in [1.165, 1.54) is 12.1 Å². The van der Waals surface area contributed by atoms with Crippen LogP contribution in [0, 0.1) is 11.3 Å². The van der Waals surface area contributed by atoms with Crippen molar-refractivity contribution in [2.45, 2.75) is 30.9 Å². The van der Waals surface area contributed by atoms with Gasteiger partial charge in [-0.3, -0.25) is 0 Å². The van der Waals surface area contributed by atoms with Crippen LogP contribution in [0.15, 0.2) is 18.2 Å². The third kappa shape index (κ3) is 3.64. The second kappa shape index (κ2) is 6.59. The van der Waals surface area contributed by atoms with E-state index in [4.69, 9.17) is 19.5 Å². The highest BCUT2D eigenvalue weighted by Gasteiger charge is 2.42. The molecule has 0 aliphatic carbocycles. The number of anilines is 1. The summed E-state index contributed by atoms with van der Waals surface area (Å²) in [4.78, 5) is 0. The van der Waals surface area contributed by atoms with Gasteiger partial charge in [-0.1, -0.05) is 0 Å². The van der Waals surface area contributed by atoms with Crippen LogP contribution in [-0.2, 0) is 20.4 Å². The summed E-state index contributed by atoms with van der Waals surface area (Å²) in [6.07, 6.45) is -3.40. The summed E-state index contributed by atoms with van der Waals surface area (Å²) in [7, 11) is 0. The lowest BCUT2D eigenvalue weighted by atomic mass is 10.1. The summed E-state index contributed by atoms with van der Waals surface area (Å²) in [5, 5.41) is 11.9. The first-order chi connectivity index (χ1) is 11.4. The Labute approximate surface area is 137 Å². The molecule has 2 aliphatic heterocycles. The second-order valence-corrected chi connectivity index (χ2v) is 5.82. The Morgan fingerprint density at radius 1 is 1.29 bits per heavy atom. The van der Waals surface area contributed by atoms with Crippen molar-refractivity contribution in [2.24, 2.45) is 0 Å². The Balaban J connectivity index is 1.60. The third-order valence-corrected chi connectivity index (χ3v) is 4.15. The smallest absolute Gasteiger partial charge is 0.382 e. The fourth-order valence-electron chi connectivity index (χ4n) is 2.89. The Morgan fingerprint density at radius 3 is 2.71 bits per heavy atom. The average Bonchev–Trinajstić information content (AvgIpc) is 2.95. The number of nitrogens with zero attached hydrogens (tertiary/aromatic N) is 1. The molecule has 5 nitrogen and oxygen atoms in total. The molecule has 2 aliphatic rings. The molecule has 2 saturated heterocycles. The monoisotopic (exact) mass is 342 g/mol. The summed E-state index contributed by atoms with van der Waals surface area (Å²) < 4.78 is 55.3. The highest BCUT2D eigenvalue weighted by Crippen LogP contribution is 2.34. The Hall–Kier alpha value is -1.82. The van der Waals surface area contributed by atoms with Crippen LogP contribution < -0.4 is 5.32 Å². The molecule has 0 radical (unpaired) electrons. The summed E-state index contributed by atoms with van der Waals surface area (Å²) in [5.41, 5.74) is -0.898.